The van der Waals surface area contributed by atoms with Gasteiger partial charge in [0, 0.05) is 39.9 Å². The average Bonchev–Trinajstić information content (AvgIpc) is 2.56. The number of non-ortho nitro benzene ring substituents is 1. The fourth-order valence-corrected chi connectivity index (χ4v) is 1.66. The lowest BCUT2D eigenvalue weighted by Gasteiger charge is -2.14. The predicted molar refractivity (Wildman–Crippen MR) is 90.8 cm³/mol. The monoisotopic (exact) mass is 337 g/mol. The van der Waals surface area contributed by atoms with Crippen molar-refractivity contribution in [1.29, 1.82) is 0 Å². The minimum atomic E-state index is -0.445. The van der Waals surface area contributed by atoms with Crippen molar-refractivity contribution in [3.63, 3.8) is 0 Å². The molecule has 1 amide bonds. The number of aliphatic imine (C=N–C) groups is 1. The molecule has 0 aliphatic heterocycles. The molecule has 0 fully saturated rings. The van der Waals surface area contributed by atoms with E-state index in [0.29, 0.717) is 25.7 Å². The maximum Gasteiger partial charge on any atom is 0.269 e. The van der Waals surface area contributed by atoms with Gasteiger partial charge in [0.15, 0.2) is 5.96 Å². The largest absolute Gasteiger partial charge is 0.383 e. The van der Waals surface area contributed by atoms with Crippen LogP contribution in [0.3, 0.4) is 0 Å². The van der Waals surface area contributed by atoms with Crippen LogP contribution in [0.25, 0.3) is 0 Å². The van der Waals surface area contributed by atoms with Crippen molar-refractivity contribution in [2.45, 2.75) is 6.54 Å². The highest BCUT2D eigenvalue weighted by Crippen LogP contribution is 2.12. The third-order valence-corrected chi connectivity index (χ3v) is 3.07. The lowest BCUT2D eigenvalue weighted by Crippen LogP contribution is -2.43. The topological polar surface area (TPSA) is 109 Å². The second-order valence-electron chi connectivity index (χ2n) is 5.15. The number of rotatable bonds is 8. The van der Waals surface area contributed by atoms with Crippen molar-refractivity contribution in [2.24, 2.45) is 4.99 Å². The van der Waals surface area contributed by atoms with Gasteiger partial charge in [0.05, 0.1) is 24.6 Å². The Morgan fingerprint density at radius 2 is 1.96 bits per heavy atom. The molecule has 9 heteroatoms. The van der Waals surface area contributed by atoms with Crippen LogP contribution in [0.5, 0.6) is 0 Å². The quantitative estimate of drug-likeness (QED) is 0.233. The number of nitrogens with one attached hydrogen (secondary N) is 2. The number of nitro groups is 1. The molecule has 0 aliphatic rings. The highest BCUT2D eigenvalue weighted by Gasteiger charge is 2.07. The Bertz CT molecular complexity index is 572. The van der Waals surface area contributed by atoms with Crippen LogP contribution >= 0.6 is 0 Å². The molecule has 1 aromatic rings. The fourth-order valence-electron chi connectivity index (χ4n) is 1.66. The molecule has 0 heterocycles. The van der Waals surface area contributed by atoms with Gasteiger partial charge in [0.25, 0.3) is 5.69 Å². The smallest absolute Gasteiger partial charge is 0.269 e. The first-order valence-electron chi connectivity index (χ1n) is 7.38. The lowest BCUT2D eigenvalue weighted by molar-refractivity contribution is -0.384. The van der Waals surface area contributed by atoms with Gasteiger partial charge in [-0.25, -0.2) is 4.99 Å². The molecule has 0 bridgehead atoms. The van der Waals surface area contributed by atoms with E-state index in [1.54, 1.807) is 33.3 Å². The average molecular weight is 337 g/mol. The van der Waals surface area contributed by atoms with Crippen molar-refractivity contribution in [2.75, 3.05) is 40.9 Å². The molecule has 0 atom stereocenters. The Balaban J connectivity index is 2.67. The number of hydrogen-bond donors (Lipinski definition) is 2. The number of nitrogens with zero attached hydrogens (tertiary/aromatic N) is 3. The number of methoxy groups -OCH3 is 1. The number of likely N-dealkylation sites (N-methyl/N-ethyl adjacent to an activating group) is 1. The van der Waals surface area contributed by atoms with Gasteiger partial charge in [-0.15, -0.1) is 0 Å². The van der Waals surface area contributed by atoms with Gasteiger partial charge in [-0.3, -0.25) is 14.9 Å². The summed E-state index contributed by atoms with van der Waals surface area (Å²) in [6.07, 6.45) is 0. The normalized spacial score (nSPS) is 11.0. The number of carbonyl (C=O) groups excluding carboxylic acids is 1. The highest BCUT2D eigenvalue weighted by molar-refractivity contribution is 5.86. The minimum Gasteiger partial charge on any atom is -0.383 e. The van der Waals surface area contributed by atoms with Gasteiger partial charge in [0.1, 0.15) is 0 Å². The number of benzene rings is 1. The minimum absolute atomic E-state index is 0.0378. The maximum absolute atomic E-state index is 11.6. The molecular formula is C15H23N5O4. The molecule has 0 aromatic heterocycles. The summed E-state index contributed by atoms with van der Waals surface area (Å²) in [5.74, 6) is 0.396. The summed E-state index contributed by atoms with van der Waals surface area (Å²) in [5, 5.41) is 16.6. The summed E-state index contributed by atoms with van der Waals surface area (Å²) in [4.78, 5) is 27.7. The zero-order valence-corrected chi connectivity index (χ0v) is 14.1. The summed E-state index contributed by atoms with van der Waals surface area (Å²) in [6, 6.07) is 6.18. The molecule has 0 saturated carbocycles. The number of carbonyl (C=O) groups is 1. The van der Waals surface area contributed by atoms with E-state index in [4.69, 9.17) is 4.74 Å². The highest BCUT2D eigenvalue weighted by atomic mass is 16.6. The molecule has 0 radical (unpaired) electrons. The molecule has 1 aromatic carbocycles. The van der Waals surface area contributed by atoms with Gasteiger partial charge < -0.3 is 20.3 Å². The second kappa shape index (κ2) is 10.2. The molecule has 9 nitrogen and oxygen atoms in total. The van der Waals surface area contributed by atoms with Crippen LogP contribution in [0.1, 0.15) is 5.56 Å². The van der Waals surface area contributed by atoms with E-state index in [2.05, 4.69) is 15.6 Å². The molecule has 24 heavy (non-hydrogen) atoms. The van der Waals surface area contributed by atoms with Crippen LogP contribution in [0.15, 0.2) is 29.3 Å². The maximum atomic E-state index is 11.6. The number of hydrogen-bond acceptors (Lipinski definition) is 5. The van der Waals surface area contributed by atoms with Gasteiger partial charge in [0.2, 0.25) is 5.91 Å². The number of nitro benzene ring substituents is 1. The first-order chi connectivity index (χ1) is 11.4. The number of ether oxygens (including phenoxy) is 1. The molecule has 0 saturated heterocycles. The first-order valence-corrected chi connectivity index (χ1v) is 7.38. The SMILES string of the molecule is COCCNC(=NCc1ccc([N+](=O)[O-])cc1)NCC(=O)N(C)C. The van der Waals surface area contributed by atoms with Gasteiger partial charge in [-0.05, 0) is 5.56 Å². The summed E-state index contributed by atoms with van der Waals surface area (Å²) < 4.78 is 4.97. The van der Waals surface area contributed by atoms with E-state index in [0.717, 1.165) is 5.56 Å². The third kappa shape index (κ3) is 7.05. The third-order valence-electron chi connectivity index (χ3n) is 3.07. The van der Waals surface area contributed by atoms with Gasteiger partial charge >= 0.3 is 0 Å². The van der Waals surface area contributed by atoms with Crippen LogP contribution in [0, 0.1) is 10.1 Å². The molecule has 0 aliphatic carbocycles. The van der Waals surface area contributed by atoms with Crippen molar-refractivity contribution in [3.05, 3.63) is 39.9 Å². The molecule has 0 spiro atoms. The van der Waals surface area contributed by atoms with Crippen molar-refractivity contribution < 1.29 is 14.5 Å². The Morgan fingerprint density at radius 3 is 2.50 bits per heavy atom. The summed E-state index contributed by atoms with van der Waals surface area (Å²) in [7, 11) is 4.95. The lowest BCUT2D eigenvalue weighted by atomic mass is 10.2. The van der Waals surface area contributed by atoms with E-state index in [1.165, 1.54) is 17.0 Å². The predicted octanol–water partition coefficient (Wildman–Crippen LogP) is 0.365. The standard InChI is InChI=1S/C15H23N5O4/c1-19(2)14(21)11-18-15(16-8-9-24-3)17-10-12-4-6-13(7-5-12)20(22)23/h4-7H,8-11H2,1-3H3,(H2,16,17,18). The van der Waals surface area contributed by atoms with Crippen molar-refractivity contribution in [1.82, 2.24) is 15.5 Å². The first kappa shape index (κ1) is 19.4. The molecule has 2 N–H and O–H groups in total. The van der Waals surface area contributed by atoms with Crippen LogP contribution in [-0.2, 0) is 16.1 Å². The summed E-state index contributed by atoms with van der Waals surface area (Å²) >= 11 is 0. The number of guanidine groups is 1. The van der Waals surface area contributed by atoms with Gasteiger partial charge in [-0.2, -0.15) is 0 Å². The summed E-state index contributed by atoms with van der Waals surface area (Å²) in [6.45, 7) is 1.49. The van der Waals surface area contributed by atoms with E-state index >= 15 is 0 Å². The molecule has 132 valence electrons. The van der Waals surface area contributed by atoms with E-state index < -0.39 is 4.92 Å². The van der Waals surface area contributed by atoms with Crippen LogP contribution < -0.4 is 10.6 Å². The Morgan fingerprint density at radius 1 is 1.29 bits per heavy atom. The zero-order valence-electron chi connectivity index (χ0n) is 14.1. The molecular weight excluding hydrogens is 314 g/mol. The van der Waals surface area contributed by atoms with Crippen molar-refractivity contribution in [3.8, 4) is 0 Å². The second-order valence-corrected chi connectivity index (χ2v) is 5.15. The molecule has 0 unspecified atom stereocenters. The molecule has 1 rings (SSSR count). The Hall–Kier alpha value is -2.68. The van der Waals surface area contributed by atoms with Crippen LogP contribution in [-0.4, -0.2) is 62.6 Å². The Kier molecular flexibility index (Phi) is 8.20. The van der Waals surface area contributed by atoms with Crippen molar-refractivity contribution >= 4 is 17.6 Å². The summed E-state index contributed by atoms with van der Waals surface area (Å²) in [5.41, 5.74) is 0.864. The Labute approximate surface area is 140 Å². The van der Waals surface area contributed by atoms with Crippen LogP contribution in [0.2, 0.25) is 0 Å². The zero-order chi connectivity index (χ0) is 17.9. The fraction of sp³-hybridized carbons (Fsp3) is 0.467. The van der Waals surface area contributed by atoms with E-state index in [1.807, 2.05) is 0 Å². The van der Waals surface area contributed by atoms with E-state index in [-0.39, 0.29) is 18.1 Å². The van der Waals surface area contributed by atoms with E-state index in [9.17, 15) is 14.9 Å². The number of amides is 1. The van der Waals surface area contributed by atoms with Crippen LogP contribution in [0.4, 0.5) is 5.69 Å². The van der Waals surface area contributed by atoms with Gasteiger partial charge in [-0.1, -0.05) is 12.1 Å².